The molecule has 0 spiro atoms. The molecule has 1 N–H and O–H groups in total. The van der Waals surface area contributed by atoms with Gasteiger partial charge in [0.2, 0.25) is 5.91 Å². The van der Waals surface area contributed by atoms with Gasteiger partial charge in [-0.25, -0.2) is 4.39 Å². The number of fused-ring (bicyclic) bond motifs is 4. The SMILES string of the molecule is CC(C)N(C)C(=O)c1cc(F)ccc1-n1cc(C2=CCN(C(=O)[C@@H]3NC4CCC3CC4)CC2)c2ccncc21. The molecule has 1 saturated carbocycles. The maximum absolute atomic E-state index is 14.3. The third-order valence-corrected chi connectivity index (χ3v) is 8.94. The minimum Gasteiger partial charge on any atom is -0.339 e. The van der Waals surface area contributed by atoms with Crippen molar-refractivity contribution < 1.29 is 14.0 Å². The van der Waals surface area contributed by atoms with Crippen LogP contribution in [0.1, 0.15) is 61.9 Å². The molecule has 204 valence electrons. The summed E-state index contributed by atoms with van der Waals surface area (Å²) < 4.78 is 16.3. The number of pyridine rings is 1. The summed E-state index contributed by atoms with van der Waals surface area (Å²) in [5.41, 5.74) is 3.99. The van der Waals surface area contributed by atoms with Crippen LogP contribution in [0.15, 0.2) is 48.9 Å². The van der Waals surface area contributed by atoms with E-state index in [2.05, 4.69) is 16.4 Å². The Morgan fingerprint density at radius 1 is 1.15 bits per heavy atom. The Labute approximate surface area is 228 Å². The lowest BCUT2D eigenvalue weighted by atomic mass is 9.76. The van der Waals surface area contributed by atoms with E-state index in [0.29, 0.717) is 36.3 Å². The van der Waals surface area contributed by atoms with Crippen LogP contribution in [0.5, 0.6) is 0 Å². The van der Waals surface area contributed by atoms with Crippen molar-refractivity contribution in [3.8, 4) is 5.69 Å². The van der Waals surface area contributed by atoms with Crippen LogP contribution in [0.3, 0.4) is 0 Å². The monoisotopic (exact) mass is 529 g/mol. The normalized spacial score (nSPS) is 22.8. The maximum atomic E-state index is 14.3. The molecule has 39 heavy (non-hydrogen) atoms. The number of carbonyl (C=O) groups is 2. The van der Waals surface area contributed by atoms with Gasteiger partial charge in [-0.3, -0.25) is 14.6 Å². The molecule has 3 aliphatic heterocycles. The molecular weight excluding hydrogens is 493 g/mol. The molecule has 0 radical (unpaired) electrons. The van der Waals surface area contributed by atoms with Crippen molar-refractivity contribution in [2.45, 2.75) is 64.1 Å². The Morgan fingerprint density at radius 3 is 2.62 bits per heavy atom. The maximum Gasteiger partial charge on any atom is 0.256 e. The van der Waals surface area contributed by atoms with Crippen LogP contribution in [0.4, 0.5) is 4.39 Å². The summed E-state index contributed by atoms with van der Waals surface area (Å²) in [6.07, 6.45) is 13.2. The fourth-order valence-electron chi connectivity index (χ4n) is 6.44. The zero-order valence-corrected chi connectivity index (χ0v) is 22.9. The van der Waals surface area contributed by atoms with Gasteiger partial charge < -0.3 is 19.7 Å². The smallest absolute Gasteiger partial charge is 0.256 e. The van der Waals surface area contributed by atoms with Crippen LogP contribution in [0.25, 0.3) is 22.2 Å². The van der Waals surface area contributed by atoms with Crippen molar-refractivity contribution >= 4 is 28.3 Å². The number of piperidine rings is 2. The Balaban J connectivity index is 1.32. The highest BCUT2D eigenvalue weighted by atomic mass is 19.1. The molecule has 1 atom stereocenters. The van der Waals surface area contributed by atoms with E-state index in [1.165, 1.54) is 30.5 Å². The molecule has 2 amide bonds. The van der Waals surface area contributed by atoms with Crippen LogP contribution < -0.4 is 5.32 Å². The molecule has 3 aromatic rings. The zero-order valence-electron chi connectivity index (χ0n) is 22.9. The first kappa shape index (κ1) is 25.7. The number of rotatable bonds is 5. The lowest BCUT2D eigenvalue weighted by Gasteiger charge is -2.44. The fraction of sp³-hybridized carbons (Fsp3) is 0.452. The summed E-state index contributed by atoms with van der Waals surface area (Å²) in [4.78, 5) is 34.7. The molecule has 7 rings (SSSR count). The molecule has 1 aromatic carbocycles. The second kappa shape index (κ2) is 10.2. The third kappa shape index (κ3) is 4.65. The minimum absolute atomic E-state index is 0.0238. The van der Waals surface area contributed by atoms with E-state index >= 15 is 0 Å². The van der Waals surface area contributed by atoms with E-state index in [4.69, 9.17) is 0 Å². The van der Waals surface area contributed by atoms with Gasteiger partial charge in [0, 0.05) is 55.6 Å². The summed E-state index contributed by atoms with van der Waals surface area (Å²) in [6, 6.07) is 6.76. The number of aromatic nitrogens is 2. The lowest BCUT2D eigenvalue weighted by molar-refractivity contribution is -0.136. The van der Waals surface area contributed by atoms with E-state index in [1.54, 1.807) is 30.4 Å². The highest BCUT2D eigenvalue weighted by Crippen LogP contribution is 2.36. The van der Waals surface area contributed by atoms with Crippen molar-refractivity contribution in [1.29, 1.82) is 0 Å². The van der Waals surface area contributed by atoms with Crippen molar-refractivity contribution in [2.75, 3.05) is 20.1 Å². The van der Waals surface area contributed by atoms with Crippen molar-refractivity contribution in [3.63, 3.8) is 0 Å². The van der Waals surface area contributed by atoms with Gasteiger partial charge >= 0.3 is 0 Å². The molecule has 4 aliphatic rings. The minimum atomic E-state index is -0.450. The van der Waals surface area contributed by atoms with Crippen molar-refractivity contribution in [1.82, 2.24) is 24.7 Å². The summed E-state index contributed by atoms with van der Waals surface area (Å²) in [6.45, 7) is 5.13. The van der Waals surface area contributed by atoms with Gasteiger partial charge in [0.15, 0.2) is 0 Å². The molecular formula is C31H36FN5O2. The Hall–Kier alpha value is -3.52. The van der Waals surface area contributed by atoms with Crippen molar-refractivity contribution in [2.24, 2.45) is 5.92 Å². The molecule has 8 heteroatoms. The number of benzene rings is 1. The number of hydrogen-bond donors (Lipinski definition) is 1. The second-order valence-corrected chi connectivity index (χ2v) is 11.5. The highest BCUT2D eigenvalue weighted by Gasteiger charge is 2.40. The van der Waals surface area contributed by atoms with Crippen LogP contribution >= 0.6 is 0 Å². The topological polar surface area (TPSA) is 70.5 Å². The van der Waals surface area contributed by atoms with E-state index in [-0.39, 0.29) is 23.9 Å². The number of nitrogens with zero attached hydrogens (tertiary/aromatic N) is 4. The van der Waals surface area contributed by atoms with Crippen LogP contribution in [0.2, 0.25) is 0 Å². The number of hydrogen-bond acceptors (Lipinski definition) is 4. The number of halogens is 1. The summed E-state index contributed by atoms with van der Waals surface area (Å²) >= 11 is 0. The van der Waals surface area contributed by atoms with Gasteiger partial charge in [-0.1, -0.05) is 6.08 Å². The lowest BCUT2D eigenvalue weighted by Crippen LogP contribution is -2.59. The average Bonchev–Trinajstić information content (AvgIpc) is 3.36. The zero-order chi connectivity index (χ0) is 27.3. The Morgan fingerprint density at radius 2 is 1.95 bits per heavy atom. The first-order valence-electron chi connectivity index (χ1n) is 14.1. The number of amides is 2. The van der Waals surface area contributed by atoms with Crippen LogP contribution in [-0.2, 0) is 4.79 Å². The van der Waals surface area contributed by atoms with Crippen LogP contribution in [0, 0.1) is 11.7 Å². The van der Waals surface area contributed by atoms with E-state index in [1.807, 2.05) is 35.6 Å². The second-order valence-electron chi connectivity index (χ2n) is 11.5. The predicted molar refractivity (Wildman–Crippen MR) is 150 cm³/mol. The molecule has 2 aromatic heterocycles. The standard InChI is InChI=1S/C31H36FN5O2/c1-19(2)35(3)30(38)25-16-22(32)6-9-27(25)37-18-26(24-10-13-33-17-28(24)37)20-11-14-36(15-12-20)31(39)29-21-4-7-23(34-29)8-5-21/h6,9-11,13,16-19,21,23,29,34H,4-5,7-8,12,14-15H2,1-3H3/t21?,23?,29-/m1/s1. The van der Waals surface area contributed by atoms with E-state index in [9.17, 15) is 14.0 Å². The highest BCUT2D eigenvalue weighted by molar-refractivity contribution is 6.00. The van der Waals surface area contributed by atoms with Crippen LogP contribution in [-0.4, -0.2) is 69.4 Å². The van der Waals surface area contributed by atoms with Gasteiger partial charge in [0.05, 0.1) is 29.0 Å². The molecule has 7 nitrogen and oxygen atoms in total. The largest absolute Gasteiger partial charge is 0.339 e. The number of nitrogens with one attached hydrogen (secondary N) is 1. The Kier molecular flexibility index (Phi) is 6.75. The average molecular weight is 530 g/mol. The van der Waals surface area contributed by atoms with E-state index < -0.39 is 5.82 Å². The molecule has 2 saturated heterocycles. The van der Waals surface area contributed by atoms with E-state index in [0.717, 1.165) is 35.7 Å². The fourth-order valence-corrected chi connectivity index (χ4v) is 6.44. The third-order valence-electron chi connectivity index (χ3n) is 8.94. The summed E-state index contributed by atoms with van der Waals surface area (Å²) in [7, 11) is 1.73. The quantitative estimate of drug-likeness (QED) is 0.516. The molecule has 0 unspecified atom stereocenters. The first-order chi connectivity index (χ1) is 18.8. The molecule has 5 heterocycles. The van der Waals surface area contributed by atoms with Crippen molar-refractivity contribution in [3.05, 3.63) is 65.9 Å². The molecule has 1 aliphatic carbocycles. The molecule has 2 bridgehead atoms. The van der Waals surface area contributed by atoms with Gasteiger partial charge in [0.1, 0.15) is 5.82 Å². The Bertz CT molecular complexity index is 1450. The van der Waals surface area contributed by atoms with Gasteiger partial charge in [0.25, 0.3) is 5.91 Å². The van der Waals surface area contributed by atoms with Gasteiger partial charge in [-0.15, -0.1) is 0 Å². The first-order valence-corrected chi connectivity index (χ1v) is 14.1. The summed E-state index contributed by atoms with van der Waals surface area (Å²) in [5, 5.41) is 4.61. The summed E-state index contributed by atoms with van der Waals surface area (Å²) in [5.74, 6) is 0.00752. The molecule has 3 fully saturated rings. The predicted octanol–water partition coefficient (Wildman–Crippen LogP) is 4.79. The number of carbonyl (C=O) groups excluding carboxylic acids is 2. The van der Waals surface area contributed by atoms with Gasteiger partial charge in [-0.2, -0.15) is 0 Å². The van der Waals surface area contributed by atoms with Gasteiger partial charge in [-0.05, 0) is 81.7 Å².